The Bertz CT molecular complexity index is 660. The van der Waals surface area contributed by atoms with Crippen molar-refractivity contribution in [3.8, 4) is 0 Å². The second-order valence-corrected chi connectivity index (χ2v) is 4.98. The second-order valence-electron chi connectivity index (χ2n) is 3.87. The molecule has 7 heteroatoms. The SMILES string of the molecule is COC(=O)CCSc1c(C(=O)O)nnc2ccccc12. The van der Waals surface area contributed by atoms with Crippen LogP contribution in [0.3, 0.4) is 0 Å². The van der Waals surface area contributed by atoms with Crippen molar-refractivity contribution < 1.29 is 19.4 Å². The molecule has 2 aromatic rings. The molecule has 0 bridgehead atoms. The van der Waals surface area contributed by atoms with Gasteiger partial charge in [-0.05, 0) is 6.07 Å². The Kier molecular flexibility index (Phi) is 4.52. The molecule has 1 aromatic heterocycles. The molecule has 0 spiro atoms. The standard InChI is InChI=1S/C13H12N2O4S/c1-19-10(16)6-7-20-12-8-4-2-3-5-9(8)14-15-11(12)13(17)18/h2-5H,6-7H2,1H3,(H,17,18). The van der Waals surface area contributed by atoms with E-state index in [2.05, 4.69) is 14.9 Å². The Morgan fingerprint density at radius 1 is 1.30 bits per heavy atom. The number of carboxylic acid groups (broad SMARTS) is 1. The van der Waals surface area contributed by atoms with Gasteiger partial charge in [0.2, 0.25) is 0 Å². The summed E-state index contributed by atoms with van der Waals surface area (Å²) in [5, 5.41) is 17.5. The largest absolute Gasteiger partial charge is 0.476 e. The van der Waals surface area contributed by atoms with E-state index in [4.69, 9.17) is 0 Å². The third-order valence-electron chi connectivity index (χ3n) is 2.60. The Morgan fingerprint density at radius 2 is 2.05 bits per heavy atom. The van der Waals surface area contributed by atoms with Crippen molar-refractivity contribution in [1.82, 2.24) is 10.2 Å². The van der Waals surface area contributed by atoms with Crippen molar-refractivity contribution in [3.05, 3.63) is 30.0 Å². The highest BCUT2D eigenvalue weighted by atomic mass is 32.2. The second kappa shape index (κ2) is 6.33. The van der Waals surface area contributed by atoms with Gasteiger partial charge in [0.1, 0.15) is 0 Å². The predicted molar refractivity (Wildman–Crippen MR) is 73.9 cm³/mol. The average molecular weight is 292 g/mol. The minimum absolute atomic E-state index is 0.0986. The van der Waals surface area contributed by atoms with E-state index >= 15 is 0 Å². The third kappa shape index (κ3) is 3.05. The minimum atomic E-state index is -1.14. The fourth-order valence-corrected chi connectivity index (χ4v) is 2.72. The van der Waals surface area contributed by atoms with E-state index in [1.165, 1.54) is 18.9 Å². The summed E-state index contributed by atoms with van der Waals surface area (Å²) in [4.78, 5) is 22.8. The number of nitrogens with zero attached hydrogens (tertiary/aromatic N) is 2. The summed E-state index contributed by atoms with van der Waals surface area (Å²) in [5.74, 6) is -1.05. The molecule has 20 heavy (non-hydrogen) atoms. The van der Waals surface area contributed by atoms with Gasteiger partial charge in [-0.2, -0.15) is 0 Å². The molecule has 1 N–H and O–H groups in total. The molecule has 0 saturated carbocycles. The molecule has 0 aliphatic heterocycles. The molecule has 0 atom stereocenters. The van der Waals surface area contributed by atoms with Crippen LogP contribution in [0.15, 0.2) is 29.2 Å². The van der Waals surface area contributed by atoms with Crippen LogP contribution >= 0.6 is 11.8 Å². The molecule has 0 amide bonds. The van der Waals surface area contributed by atoms with Crippen molar-refractivity contribution in [1.29, 1.82) is 0 Å². The molecule has 0 unspecified atom stereocenters. The van der Waals surface area contributed by atoms with Crippen LogP contribution in [0.25, 0.3) is 10.9 Å². The van der Waals surface area contributed by atoms with Crippen LogP contribution in [-0.2, 0) is 9.53 Å². The van der Waals surface area contributed by atoms with Gasteiger partial charge in [-0.1, -0.05) is 18.2 Å². The van der Waals surface area contributed by atoms with Crippen LogP contribution in [-0.4, -0.2) is 40.1 Å². The number of esters is 1. The van der Waals surface area contributed by atoms with Gasteiger partial charge < -0.3 is 9.84 Å². The third-order valence-corrected chi connectivity index (χ3v) is 3.71. The van der Waals surface area contributed by atoms with Gasteiger partial charge in [0.15, 0.2) is 5.69 Å². The number of rotatable bonds is 5. The van der Waals surface area contributed by atoms with Gasteiger partial charge in [-0.25, -0.2) is 4.79 Å². The Labute approximate surface area is 119 Å². The van der Waals surface area contributed by atoms with Crippen LogP contribution in [0.2, 0.25) is 0 Å². The van der Waals surface area contributed by atoms with E-state index in [1.54, 1.807) is 24.3 Å². The summed E-state index contributed by atoms with van der Waals surface area (Å²) in [5.41, 5.74) is 0.525. The maximum Gasteiger partial charge on any atom is 0.357 e. The molecule has 0 aliphatic rings. The molecule has 1 aromatic carbocycles. The van der Waals surface area contributed by atoms with E-state index in [0.717, 1.165) is 5.39 Å². The van der Waals surface area contributed by atoms with E-state index < -0.39 is 5.97 Å². The number of benzene rings is 1. The lowest BCUT2D eigenvalue weighted by Crippen LogP contribution is -2.06. The summed E-state index contributed by atoms with van der Waals surface area (Å²) in [6.45, 7) is 0. The number of aromatic nitrogens is 2. The molecule has 2 rings (SSSR count). The van der Waals surface area contributed by atoms with Gasteiger partial charge in [0, 0.05) is 11.1 Å². The zero-order valence-corrected chi connectivity index (χ0v) is 11.5. The molecular formula is C13H12N2O4S. The first-order valence-corrected chi connectivity index (χ1v) is 6.80. The lowest BCUT2D eigenvalue weighted by molar-refractivity contribution is -0.140. The number of carbonyl (C=O) groups is 2. The number of carboxylic acids is 1. The van der Waals surface area contributed by atoms with Crippen molar-refractivity contribution >= 4 is 34.6 Å². The number of fused-ring (bicyclic) bond motifs is 1. The van der Waals surface area contributed by atoms with Crippen molar-refractivity contribution in [2.75, 3.05) is 12.9 Å². The number of thioether (sulfide) groups is 1. The lowest BCUT2D eigenvalue weighted by Gasteiger charge is -2.07. The maximum atomic E-state index is 11.2. The minimum Gasteiger partial charge on any atom is -0.476 e. The molecule has 104 valence electrons. The van der Waals surface area contributed by atoms with Crippen molar-refractivity contribution in [2.45, 2.75) is 11.3 Å². The number of aromatic carboxylic acids is 1. The number of hydrogen-bond donors (Lipinski definition) is 1. The first kappa shape index (κ1) is 14.3. The van der Waals surface area contributed by atoms with Gasteiger partial charge >= 0.3 is 11.9 Å². The van der Waals surface area contributed by atoms with Crippen molar-refractivity contribution in [2.24, 2.45) is 0 Å². The van der Waals surface area contributed by atoms with Crippen LogP contribution in [0.5, 0.6) is 0 Å². The lowest BCUT2D eigenvalue weighted by atomic mass is 10.2. The number of ether oxygens (including phenoxy) is 1. The summed E-state index contributed by atoms with van der Waals surface area (Å²) in [7, 11) is 1.32. The monoisotopic (exact) mass is 292 g/mol. The predicted octanol–water partition coefficient (Wildman–Crippen LogP) is 1.98. The molecular weight excluding hydrogens is 280 g/mol. The summed E-state index contributed by atoms with van der Waals surface area (Å²) in [6, 6.07) is 7.16. The topological polar surface area (TPSA) is 89.4 Å². The fourth-order valence-electron chi connectivity index (χ4n) is 1.65. The Balaban J connectivity index is 2.34. The zero-order chi connectivity index (χ0) is 14.5. The number of carbonyl (C=O) groups excluding carboxylic acids is 1. The van der Waals surface area contributed by atoms with E-state index in [0.29, 0.717) is 16.2 Å². The molecule has 0 fully saturated rings. The quantitative estimate of drug-likeness (QED) is 0.665. The van der Waals surface area contributed by atoms with Crippen LogP contribution in [0, 0.1) is 0 Å². The summed E-state index contributed by atoms with van der Waals surface area (Å²) in [6.07, 6.45) is 0.205. The molecule has 0 saturated heterocycles. The maximum absolute atomic E-state index is 11.2. The number of hydrogen-bond acceptors (Lipinski definition) is 6. The Hall–Kier alpha value is -2.15. The highest BCUT2D eigenvalue weighted by Gasteiger charge is 2.17. The molecule has 0 radical (unpaired) electrons. The van der Waals surface area contributed by atoms with Crippen LogP contribution in [0.4, 0.5) is 0 Å². The first-order chi connectivity index (χ1) is 9.63. The van der Waals surface area contributed by atoms with Gasteiger partial charge in [0.25, 0.3) is 0 Å². The molecule has 0 aliphatic carbocycles. The fraction of sp³-hybridized carbons (Fsp3) is 0.231. The average Bonchev–Trinajstić information content (AvgIpc) is 2.46. The smallest absolute Gasteiger partial charge is 0.357 e. The highest BCUT2D eigenvalue weighted by molar-refractivity contribution is 7.99. The van der Waals surface area contributed by atoms with Crippen LogP contribution < -0.4 is 0 Å². The molecule has 1 heterocycles. The van der Waals surface area contributed by atoms with E-state index in [1.807, 2.05) is 0 Å². The van der Waals surface area contributed by atoms with Gasteiger partial charge in [0.05, 0.1) is 23.9 Å². The summed E-state index contributed by atoms with van der Waals surface area (Å²) < 4.78 is 4.56. The van der Waals surface area contributed by atoms with Crippen LogP contribution in [0.1, 0.15) is 16.9 Å². The first-order valence-electron chi connectivity index (χ1n) is 5.82. The Morgan fingerprint density at radius 3 is 2.75 bits per heavy atom. The number of methoxy groups -OCH3 is 1. The van der Waals surface area contributed by atoms with Gasteiger partial charge in [-0.3, -0.25) is 4.79 Å². The van der Waals surface area contributed by atoms with E-state index in [9.17, 15) is 14.7 Å². The zero-order valence-electron chi connectivity index (χ0n) is 10.7. The molecule has 6 nitrogen and oxygen atoms in total. The summed E-state index contributed by atoms with van der Waals surface area (Å²) >= 11 is 1.26. The van der Waals surface area contributed by atoms with Gasteiger partial charge in [-0.15, -0.1) is 22.0 Å². The highest BCUT2D eigenvalue weighted by Crippen LogP contribution is 2.29. The van der Waals surface area contributed by atoms with E-state index in [-0.39, 0.29) is 18.1 Å². The normalized spacial score (nSPS) is 10.4. The van der Waals surface area contributed by atoms with Crippen molar-refractivity contribution in [3.63, 3.8) is 0 Å².